The second-order valence-corrected chi connectivity index (χ2v) is 5.84. The van der Waals surface area contributed by atoms with Gasteiger partial charge in [-0.1, -0.05) is 12.1 Å². The van der Waals surface area contributed by atoms with Gasteiger partial charge in [0, 0.05) is 4.90 Å². The zero-order chi connectivity index (χ0) is 17.5. The number of esters is 2. The number of benzene rings is 1. The van der Waals surface area contributed by atoms with Gasteiger partial charge in [-0.2, -0.15) is 0 Å². The van der Waals surface area contributed by atoms with Gasteiger partial charge in [-0.25, -0.2) is 9.59 Å². The molecule has 126 valence electrons. The molecule has 0 aliphatic rings. The van der Waals surface area contributed by atoms with Gasteiger partial charge in [0.15, 0.2) is 0 Å². The minimum absolute atomic E-state index is 0.0223. The molecule has 0 radical (unpaired) electrons. The highest BCUT2D eigenvalue weighted by Gasteiger charge is 2.16. The molecule has 6 nitrogen and oxygen atoms in total. The van der Waals surface area contributed by atoms with Gasteiger partial charge >= 0.3 is 11.9 Å². The molecule has 1 heterocycles. The molecule has 0 aliphatic carbocycles. The summed E-state index contributed by atoms with van der Waals surface area (Å²) < 4.78 is 15.0. The lowest BCUT2D eigenvalue weighted by molar-refractivity contribution is -0.114. The molecule has 7 heteroatoms. The van der Waals surface area contributed by atoms with Crippen LogP contribution < -0.4 is 0 Å². The number of rotatable bonds is 7. The maximum absolute atomic E-state index is 12.2. The summed E-state index contributed by atoms with van der Waals surface area (Å²) in [6.07, 6.45) is 0. The van der Waals surface area contributed by atoms with Crippen LogP contribution in [0.3, 0.4) is 0 Å². The number of hydrogen-bond donors (Lipinski definition) is 0. The highest BCUT2D eigenvalue weighted by molar-refractivity contribution is 8.00. The van der Waals surface area contributed by atoms with Crippen LogP contribution in [0.25, 0.3) is 0 Å². The smallest absolute Gasteiger partial charge is 0.373 e. The first kappa shape index (κ1) is 17.8. The molecule has 2 rings (SSSR count). The fraction of sp³-hybridized carbons (Fsp3) is 0.235. The average molecular weight is 348 g/mol. The molecule has 0 bridgehead atoms. The maximum Gasteiger partial charge on any atom is 0.373 e. The van der Waals surface area contributed by atoms with Crippen LogP contribution in [0, 0.1) is 0 Å². The Kier molecular flexibility index (Phi) is 6.20. The van der Waals surface area contributed by atoms with Gasteiger partial charge in [0.25, 0.3) is 0 Å². The maximum atomic E-state index is 12.2. The van der Waals surface area contributed by atoms with Crippen molar-refractivity contribution in [3.8, 4) is 0 Å². The lowest BCUT2D eigenvalue weighted by atomic mass is 10.2. The number of carbonyl (C=O) groups is 3. The lowest BCUT2D eigenvalue weighted by Gasteiger charge is -2.08. The van der Waals surface area contributed by atoms with Gasteiger partial charge in [0.05, 0.1) is 18.4 Å². The monoisotopic (exact) mass is 348 g/mol. The number of methoxy groups -OCH3 is 1. The van der Waals surface area contributed by atoms with E-state index in [2.05, 4.69) is 4.74 Å². The first-order chi connectivity index (χ1) is 11.5. The number of furan rings is 1. The van der Waals surface area contributed by atoms with E-state index in [1.807, 2.05) is 0 Å². The predicted molar refractivity (Wildman–Crippen MR) is 87.0 cm³/mol. The second-order valence-electron chi connectivity index (χ2n) is 4.82. The molecule has 0 fully saturated rings. The van der Waals surface area contributed by atoms with Crippen LogP contribution in [-0.2, 0) is 20.9 Å². The van der Waals surface area contributed by atoms with E-state index in [9.17, 15) is 14.4 Å². The molecular formula is C17H16O6S. The minimum atomic E-state index is -0.599. The van der Waals surface area contributed by atoms with Gasteiger partial charge in [0.1, 0.15) is 18.2 Å². The SMILES string of the molecule is COC(=O)c1ccc(COC(=O)c2ccccc2SCC(C)=O)o1. The van der Waals surface area contributed by atoms with Crippen LogP contribution in [0.1, 0.15) is 33.6 Å². The van der Waals surface area contributed by atoms with E-state index in [-0.39, 0.29) is 23.9 Å². The molecule has 24 heavy (non-hydrogen) atoms. The fourth-order valence-corrected chi connectivity index (χ4v) is 2.66. The molecule has 0 saturated heterocycles. The van der Waals surface area contributed by atoms with Crippen molar-refractivity contribution in [3.05, 3.63) is 53.5 Å². The van der Waals surface area contributed by atoms with Crippen molar-refractivity contribution in [2.45, 2.75) is 18.4 Å². The molecule has 0 saturated carbocycles. The Bertz CT molecular complexity index is 749. The fourth-order valence-electron chi connectivity index (χ4n) is 1.82. The summed E-state index contributed by atoms with van der Waals surface area (Å²) in [5, 5.41) is 0. The summed E-state index contributed by atoms with van der Waals surface area (Å²) in [6, 6.07) is 9.88. The van der Waals surface area contributed by atoms with E-state index in [0.29, 0.717) is 16.2 Å². The Hall–Kier alpha value is -2.54. The molecule has 0 spiro atoms. The quantitative estimate of drug-likeness (QED) is 0.561. The van der Waals surface area contributed by atoms with Crippen LogP contribution in [0.2, 0.25) is 0 Å². The average Bonchev–Trinajstić information content (AvgIpc) is 3.06. The Morgan fingerprint density at radius 3 is 2.54 bits per heavy atom. The van der Waals surface area contributed by atoms with Crippen molar-refractivity contribution in [1.29, 1.82) is 0 Å². The number of carbonyl (C=O) groups excluding carboxylic acids is 3. The molecule has 1 aromatic heterocycles. The van der Waals surface area contributed by atoms with Crippen molar-refractivity contribution in [2.24, 2.45) is 0 Å². The van der Waals surface area contributed by atoms with Gasteiger partial charge in [-0.15, -0.1) is 11.8 Å². The summed E-state index contributed by atoms with van der Waals surface area (Å²) in [7, 11) is 1.25. The third-order valence-corrected chi connectivity index (χ3v) is 4.15. The molecule has 1 aromatic carbocycles. The van der Waals surface area contributed by atoms with Crippen molar-refractivity contribution in [2.75, 3.05) is 12.9 Å². The van der Waals surface area contributed by atoms with E-state index in [4.69, 9.17) is 9.15 Å². The number of thioether (sulfide) groups is 1. The molecule has 0 aliphatic heterocycles. The lowest BCUT2D eigenvalue weighted by Crippen LogP contribution is -2.07. The minimum Gasteiger partial charge on any atom is -0.463 e. The number of ketones is 1. The predicted octanol–water partition coefficient (Wildman–Crippen LogP) is 3.10. The first-order valence-electron chi connectivity index (χ1n) is 7.06. The summed E-state index contributed by atoms with van der Waals surface area (Å²) in [5.41, 5.74) is 0.378. The Labute approximate surface area is 143 Å². The van der Waals surface area contributed by atoms with E-state index in [1.165, 1.54) is 37.9 Å². The number of ether oxygens (including phenoxy) is 2. The number of Topliss-reactive ketones (excluding diaryl/α,β-unsaturated/α-hetero) is 1. The molecule has 0 atom stereocenters. The van der Waals surface area contributed by atoms with E-state index in [0.717, 1.165) is 0 Å². The van der Waals surface area contributed by atoms with Gasteiger partial charge in [-0.3, -0.25) is 4.79 Å². The summed E-state index contributed by atoms with van der Waals surface area (Å²) in [4.78, 5) is 35.3. The largest absolute Gasteiger partial charge is 0.463 e. The number of hydrogen-bond acceptors (Lipinski definition) is 7. The molecule has 2 aromatic rings. The van der Waals surface area contributed by atoms with Gasteiger partial charge in [0.2, 0.25) is 5.76 Å². The van der Waals surface area contributed by atoms with Crippen molar-refractivity contribution in [3.63, 3.8) is 0 Å². The normalized spacial score (nSPS) is 10.2. The summed E-state index contributed by atoms with van der Waals surface area (Å²) in [6.45, 7) is 1.38. The standard InChI is InChI=1S/C17H16O6S/c1-11(18)10-24-15-6-4-3-5-13(15)16(19)22-9-12-7-8-14(23-12)17(20)21-2/h3-8H,9-10H2,1-2H3. The summed E-state index contributed by atoms with van der Waals surface area (Å²) >= 11 is 1.28. The van der Waals surface area contributed by atoms with Crippen LogP contribution in [0.4, 0.5) is 0 Å². The zero-order valence-corrected chi connectivity index (χ0v) is 14.1. The van der Waals surface area contributed by atoms with E-state index >= 15 is 0 Å². The van der Waals surface area contributed by atoms with Crippen molar-refractivity contribution >= 4 is 29.5 Å². The van der Waals surface area contributed by atoms with Gasteiger partial charge in [-0.05, 0) is 31.2 Å². The molecule has 0 N–H and O–H groups in total. The topological polar surface area (TPSA) is 82.8 Å². The van der Waals surface area contributed by atoms with E-state index < -0.39 is 11.9 Å². The zero-order valence-electron chi connectivity index (χ0n) is 13.2. The molecule has 0 unspecified atom stereocenters. The summed E-state index contributed by atoms with van der Waals surface area (Å²) in [5.74, 6) is -0.450. The van der Waals surface area contributed by atoms with Crippen LogP contribution in [-0.4, -0.2) is 30.6 Å². The highest BCUT2D eigenvalue weighted by atomic mass is 32.2. The Balaban J connectivity index is 2.01. The Morgan fingerprint density at radius 1 is 1.08 bits per heavy atom. The van der Waals surface area contributed by atoms with Crippen molar-refractivity contribution < 1.29 is 28.3 Å². The highest BCUT2D eigenvalue weighted by Crippen LogP contribution is 2.23. The second kappa shape index (κ2) is 8.35. The third kappa shape index (κ3) is 4.73. The first-order valence-corrected chi connectivity index (χ1v) is 8.05. The van der Waals surface area contributed by atoms with Crippen LogP contribution >= 0.6 is 11.8 Å². The van der Waals surface area contributed by atoms with E-state index in [1.54, 1.807) is 24.3 Å². The van der Waals surface area contributed by atoms with Crippen LogP contribution in [0.5, 0.6) is 0 Å². The van der Waals surface area contributed by atoms with Crippen LogP contribution in [0.15, 0.2) is 45.7 Å². The molecule has 0 amide bonds. The molecular weight excluding hydrogens is 332 g/mol. The van der Waals surface area contributed by atoms with Gasteiger partial charge < -0.3 is 13.9 Å². The van der Waals surface area contributed by atoms with Crippen molar-refractivity contribution in [1.82, 2.24) is 0 Å². The third-order valence-electron chi connectivity index (χ3n) is 2.93. The Morgan fingerprint density at radius 2 is 1.83 bits per heavy atom.